The number of carbonyl (C=O) groups is 1. The van der Waals surface area contributed by atoms with E-state index in [4.69, 9.17) is 11.6 Å². The lowest BCUT2D eigenvalue weighted by atomic mass is 9.87. The first-order valence-electron chi connectivity index (χ1n) is 7.30. The van der Waals surface area contributed by atoms with Gasteiger partial charge in [0.05, 0.1) is 10.6 Å². The van der Waals surface area contributed by atoms with Gasteiger partial charge in [0.1, 0.15) is 5.82 Å². The van der Waals surface area contributed by atoms with Gasteiger partial charge < -0.3 is 10.6 Å². The predicted octanol–water partition coefficient (Wildman–Crippen LogP) is 3.48. The van der Waals surface area contributed by atoms with Crippen molar-refractivity contribution in [1.29, 1.82) is 0 Å². The second kappa shape index (κ2) is 6.93. The summed E-state index contributed by atoms with van der Waals surface area (Å²) in [5, 5.41) is 6.61. The molecule has 1 aliphatic rings. The van der Waals surface area contributed by atoms with Crippen molar-refractivity contribution in [3.05, 3.63) is 22.8 Å². The van der Waals surface area contributed by atoms with Gasteiger partial charge >= 0.3 is 0 Å². The average Bonchev–Trinajstić information content (AvgIpc) is 2.44. The third kappa shape index (κ3) is 3.85. The molecule has 0 unspecified atom stereocenters. The first kappa shape index (κ1) is 15.1. The molecule has 1 amide bonds. The highest BCUT2D eigenvalue weighted by molar-refractivity contribution is 6.33. The van der Waals surface area contributed by atoms with Crippen LogP contribution in [0.15, 0.2) is 12.3 Å². The third-order valence-electron chi connectivity index (χ3n) is 3.80. The Bertz CT molecular complexity index is 470. The lowest BCUT2D eigenvalue weighted by molar-refractivity contribution is 0.0922. The minimum atomic E-state index is -0.0815. The van der Waals surface area contributed by atoms with Crippen molar-refractivity contribution in [3.8, 4) is 0 Å². The van der Waals surface area contributed by atoms with E-state index in [1.54, 1.807) is 12.3 Å². The first-order valence-corrected chi connectivity index (χ1v) is 7.68. The summed E-state index contributed by atoms with van der Waals surface area (Å²) < 4.78 is 0. The van der Waals surface area contributed by atoms with Crippen LogP contribution in [0.1, 0.15) is 49.9 Å². The van der Waals surface area contributed by atoms with Crippen LogP contribution in [0.25, 0.3) is 0 Å². The highest BCUT2D eigenvalue weighted by Gasteiger charge is 2.20. The Morgan fingerprint density at radius 2 is 2.10 bits per heavy atom. The third-order valence-corrected chi connectivity index (χ3v) is 4.09. The van der Waals surface area contributed by atoms with E-state index in [0.717, 1.165) is 25.3 Å². The Labute approximate surface area is 125 Å². The Morgan fingerprint density at radius 1 is 1.40 bits per heavy atom. The Morgan fingerprint density at radius 3 is 2.70 bits per heavy atom. The Balaban J connectivity index is 1.97. The molecule has 1 aromatic rings. The summed E-state index contributed by atoms with van der Waals surface area (Å²) in [6.07, 6.45) is 6.06. The standard InChI is InChI=1S/C15H22ClN3O/c1-3-17-14-13(16)8-11(9-18-14)15(20)19-12-6-4-10(2)5-7-12/h8-10,12H,3-7H2,1-2H3,(H,17,18)(H,19,20). The van der Waals surface area contributed by atoms with E-state index in [2.05, 4.69) is 22.5 Å². The average molecular weight is 296 g/mol. The van der Waals surface area contributed by atoms with E-state index < -0.39 is 0 Å². The van der Waals surface area contributed by atoms with Gasteiger partial charge in [0.25, 0.3) is 5.91 Å². The van der Waals surface area contributed by atoms with E-state index in [1.165, 1.54) is 12.8 Å². The summed E-state index contributed by atoms with van der Waals surface area (Å²) in [7, 11) is 0. The molecule has 1 aromatic heterocycles. The molecule has 20 heavy (non-hydrogen) atoms. The monoisotopic (exact) mass is 295 g/mol. The van der Waals surface area contributed by atoms with Crippen LogP contribution in [0.3, 0.4) is 0 Å². The Hall–Kier alpha value is -1.29. The topological polar surface area (TPSA) is 54.0 Å². The van der Waals surface area contributed by atoms with Crippen molar-refractivity contribution in [2.24, 2.45) is 5.92 Å². The Kier molecular flexibility index (Phi) is 5.24. The summed E-state index contributed by atoms with van der Waals surface area (Å²) in [5.74, 6) is 1.32. The van der Waals surface area contributed by atoms with E-state index in [0.29, 0.717) is 16.4 Å². The molecule has 1 heterocycles. The van der Waals surface area contributed by atoms with Crippen molar-refractivity contribution in [2.75, 3.05) is 11.9 Å². The lowest BCUT2D eigenvalue weighted by Crippen LogP contribution is -2.37. The fourth-order valence-electron chi connectivity index (χ4n) is 2.53. The molecule has 1 aliphatic carbocycles. The van der Waals surface area contributed by atoms with Gasteiger partial charge in [0.2, 0.25) is 0 Å². The van der Waals surface area contributed by atoms with Gasteiger partial charge in [-0.3, -0.25) is 4.79 Å². The van der Waals surface area contributed by atoms with Crippen molar-refractivity contribution in [2.45, 2.75) is 45.6 Å². The molecule has 0 atom stereocenters. The van der Waals surface area contributed by atoms with Gasteiger partial charge in [-0.1, -0.05) is 18.5 Å². The smallest absolute Gasteiger partial charge is 0.253 e. The van der Waals surface area contributed by atoms with Crippen LogP contribution in [0.5, 0.6) is 0 Å². The van der Waals surface area contributed by atoms with Gasteiger partial charge in [-0.2, -0.15) is 0 Å². The van der Waals surface area contributed by atoms with Crippen LogP contribution in [-0.4, -0.2) is 23.5 Å². The first-order chi connectivity index (χ1) is 9.60. The second-order valence-corrected chi connectivity index (χ2v) is 5.92. The maximum atomic E-state index is 12.2. The van der Waals surface area contributed by atoms with E-state index in [-0.39, 0.29) is 11.9 Å². The molecule has 4 nitrogen and oxygen atoms in total. The van der Waals surface area contributed by atoms with Gasteiger partial charge in [0, 0.05) is 18.8 Å². The van der Waals surface area contributed by atoms with Gasteiger partial charge in [-0.05, 0) is 44.6 Å². The summed E-state index contributed by atoms with van der Waals surface area (Å²) in [5.41, 5.74) is 0.523. The summed E-state index contributed by atoms with van der Waals surface area (Å²) in [6, 6.07) is 1.96. The molecule has 0 radical (unpaired) electrons. The molecule has 1 saturated carbocycles. The largest absolute Gasteiger partial charge is 0.369 e. The summed E-state index contributed by atoms with van der Waals surface area (Å²) in [4.78, 5) is 16.4. The lowest BCUT2D eigenvalue weighted by Gasteiger charge is -2.26. The van der Waals surface area contributed by atoms with Gasteiger partial charge in [-0.15, -0.1) is 0 Å². The number of aromatic nitrogens is 1. The zero-order valence-corrected chi connectivity index (χ0v) is 12.8. The number of rotatable bonds is 4. The number of halogens is 1. The zero-order chi connectivity index (χ0) is 14.5. The number of nitrogens with zero attached hydrogens (tertiary/aromatic N) is 1. The molecule has 0 spiro atoms. The van der Waals surface area contributed by atoms with E-state index >= 15 is 0 Å². The molecule has 0 bridgehead atoms. The highest BCUT2D eigenvalue weighted by atomic mass is 35.5. The summed E-state index contributed by atoms with van der Waals surface area (Å²) in [6.45, 7) is 4.99. The van der Waals surface area contributed by atoms with Gasteiger partial charge in [-0.25, -0.2) is 4.98 Å². The normalized spacial score (nSPS) is 22.4. The minimum Gasteiger partial charge on any atom is -0.369 e. The molecule has 2 rings (SSSR count). The molecule has 0 aromatic carbocycles. The fraction of sp³-hybridized carbons (Fsp3) is 0.600. The SMILES string of the molecule is CCNc1ncc(C(=O)NC2CCC(C)CC2)cc1Cl. The van der Waals surface area contributed by atoms with E-state index in [1.807, 2.05) is 6.92 Å². The molecule has 2 N–H and O–H groups in total. The molecule has 0 aliphatic heterocycles. The second-order valence-electron chi connectivity index (χ2n) is 5.52. The van der Waals surface area contributed by atoms with Crippen LogP contribution in [0.4, 0.5) is 5.82 Å². The minimum absolute atomic E-state index is 0.0815. The van der Waals surface area contributed by atoms with Crippen molar-refractivity contribution in [3.63, 3.8) is 0 Å². The van der Waals surface area contributed by atoms with Crippen LogP contribution in [0, 0.1) is 5.92 Å². The van der Waals surface area contributed by atoms with Crippen LogP contribution in [0.2, 0.25) is 5.02 Å². The van der Waals surface area contributed by atoms with Crippen LogP contribution >= 0.6 is 11.6 Å². The molecular weight excluding hydrogens is 274 g/mol. The maximum Gasteiger partial charge on any atom is 0.253 e. The maximum absolute atomic E-state index is 12.2. The number of anilines is 1. The molecular formula is C15H22ClN3O. The number of hydrogen-bond donors (Lipinski definition) is 2. The van der Waals surface area contributed by atoms with Gasteiger partial charge in [0.15, 0.2) is 0 Å². The molecule has 1 fully saturated rings. The number of pyridine rings is 1. The van der Waals surface area contributed by atoms with Crippen LogP contribution < -0.4 is 10.6 Å². The molecule has 110 valence electrons. The highest BCUT2D eigenvalue weighted by Crippen LogP contribution is 2.24. The van der Waals surface area contributed by atoms with Crippen molar-refractivity contribution >= 4 is 23.3 Å². The predicted molar refractivity (Wildman–Crippen MR) is 82.3 cm³/mol. The number of nitrogens with one attached hydrogen (secondary N) is 2. The van der Waals surface area contributed by atoms with Crippen molar-refractivity contribution < 1.29 is 4.79 Å². The van der Waals surface area contributed by atoms with Crippen LogP contribution in [-0.2, 0) is 0 Å². The van der Waals surface area contributed by atoms with Crippen molar-refractivity contribution in [1.82, 2.24) is 10.3 Å². The summed E-state index contributed by atoms with van der Waals surface area (Å²) >= 11 is 6.11. The fourth-order valence-corrected chi connectivity index (χ4v) is 2.77. The quantitative estimate of drug-likeness (QED) is 0.894. The molecule has 0 saturated heterocycles. The van der Waals surface area contributed by atoms with E-state index in [9.17, 15) is 4.79 Å². The number of hydrogen-bond acceptors (Lipinski definition) is 3. The zero-order valence-electron chi connectivity index (χ0n) is 12.1. The number of carbonyl (C=O) groups excluding carboxylic acids is 1. The number of amides is 1. The molecule has 5 heteroatoms.